The molecule has 0 saturated carbocycles. The van der Waals surface area contributed by atoms with Crippen LogP contribution >= 0.6 is 24.8 Å². The lowest BCUT2D eigenvalue weighted by atomic mass is 9.85. The molecule has 0 spiro atoms. The van der Waals surface area contributed by atoms with Gasteiger partial charge < -0.3 is 10.1 Å². The molecule has 2 heterocycles. The average Bonchev–Trinajstić information content (AvgIpc) is 2.52. The number of benzene rings is 1. The Morgan fingerprint density at radius 1 is 1.05 bits per heavy atom. The van der Waals surface area contributed by atoms with E-state index in [4.69, 9.17) is 4.74 Å². The monoisotopic (exact) mass is 350 g/mol. The molecule has 1 N–H and O–H groups in total. The lowest BCUT2D eigenvalue weighted by Crippen LogP contribution is -2.47. The Balaban J connectivity index is 0.00000121. The first-order valence-corrected chi connectivity index (χ1v) is 7.62. The van der Waals surface area contributed by atoms with E-state index in [0.29, 0.717) is 12.0 Å². The van der Waals surface area contributed by atoms with Crippen LogP contribution in [-0.4, -0.2) is 44.3 Å². The van der Waals surface area contributed by atoms with Crippen LogP contribution in [0.1, 0.15) is 24.4 Å². The molecule has 1 aromatic carbocycles. The van der Waals surface area contributed by atoms with E-state index in [1.807, 2.05) is 12.1 Å². The van der Waals surface area contributed by atoms with Gasteiger partial charge in [0, 0.05) is 45.4 Å². The second-order valence-electron chi connectivity index (χ2n) is 5.73. The van der Waals surface area contributed by atoms with Crippen LogP contribution in [0.15, 0.2) is 24.3 Å². The Hall–Kier alpha value is -0.390. The smallest absolute Gasteiger partial charge is 0.123 e. The maximum Gasteiger partial charge on any atom is 0.123 e. The van der Waals surface area contributed by atoms with Crippen LogP contribution in [0.2, 0.25) is 0 Å². The maximum absolute atomic E-state index is 13.2. The molecular weight excluding hydrogens is 326 g/mol. The van der Waals surface area contributed by atoms with Crippen molar-refractivity contribution in [1.29, 1.82) is 0 Å². The van der Waals surface area contributed by atoms with E-state index in [-0.39, 0.29) is 30.6 Å². The number of halogens is 3. The van der Waals surface area contributed by atoms with Gasteiger partial charge in [0.15, 0.2) is 0 Å². The molecule has 6 heteroatoms. The van der Waals surface area contributed by atoms with E-state index in [1.54, 1.807) is 12.1 Å². The molecule has 0 bridgehead atoms. The molecular formula is C16H25Cl2FN2O. The molecule has 126 valence electrons. The van der Waals surface area contributed by atoms with Crippen molar-refractivity contribution in [2.45, 2.75) is 18.9 Å². The molecule has 2 aliphatic rings. The molecule has 2 fully saturated rings. The number of ether oxygens (including phenoxy) is 1. The highest BCUT2D eigenvalue weighted by Crippen LogP contribution is 2.35. The number of hydrogen-bond donors (Lipinski definition) is 1. The van der Waals surface area contributed by atoms with Crippen molar-refractivity contribution in [1.82, 2.24) is 10.2 Å². The van der Waals surface area contributed by atoms with Gasteiger partial charge in [0.05, 0.1) is 0 Å². The summed E-state index contributed by atoms with van der Waals surface area (Å²) in [7, 11) is 0. The number of piperazine rings is 1. The van der Waals surface area contributed by atoms with E-state index in [9.17, 15) is 4.39 Å². The van der Waals surface area contributed by atoms with Crippen molar-refractivity contribution in [2.75, 3.05) is 39.4 Å². The molecule has 2 aliphatic heterocycles. The summed E-state index contributed by atoms with van der Waals surface area (Å²) in [5.41, 5.74) is 1.25. The van der Waals surface area contributed by atoms with Crippen LogP contribution in [0.5, 0.6) is 0 Å². The minimum Gasteiger partial charge on any atom is -0.381 e. The van der Waals surface area contributed by atoms with Crippen LogP contribution in [0.4, 0.5) is 4.39 Å². The van der Waals surface area contributed by atoms with Crippen LogP contribution in [0, 0.1) is 11.7 Å². The fraction of sp³-hybridized carbons (Fsp3) is 0.625. The molecule has 0 radical (unpaired) electrons. The SMILES string of the molecule is Cl.Cl.Fc1ccc([C@H](C2CCOCC2)N2CCNCC2)cc1. The Morgan fingerprint density at radius 2 is 1.64 bits per heavy atom. The highest BCUT2D eigenvalue weighted by molar-refractivity contribution is 5.85. The predicted molar refractivity (Wildman–Crippen MR) is 91.6 cm³/mol. The summed E-state index contributed by atoms with van der Waals surface area (Å²) in [5.74, 6) is 0.465. The molecule has 2 saturated heterocycles. The Morgan fingerprint density at radius 3 is 2.23 bits per heavy atom. The Labute approximate surface area is 144 Å². The quantitative estimate of drug-likeness (QED) is 0.906. The zero-order valence-corrected chi connectivity index (χ0v) is 14.3. The second-order valence-corrected chi connectivity index (χ2v) is 5.73. The van der Waals surface area contributed by atoms with Crippen molar-refractivity contribution >= 4 is 24.8 Å². The zero-order chi connectivity index (χ0) is 13.8. The highest BCUT2D eigenvalue weighted by atomic mass is 35.5. The van der Waals surface area contributed by atoms with Gasteiger partial charge in [-0.3, -0.25) is 4.90 Å². The standard InChI is InChI=1S/C16H23FN2O.2ClH/c17-15-3-1-13(2-4-15)16(14-5-11-20-12-6-14)19-9-7-18-8-10-19;;/h1-4,14,16,18H,5-12H2;2*1H/t16-;;/m1../s1. The summed E-state index contributed by atoms with van der Waals surface area (Å²) < 4.78 is 18.7. The van der Waals surface area contributed by atoms with Gasteiger partial charge in [-0.2, -0.15) is 0 Å². The minimum atomic E-state index is -0.153. The van der Waals surface area contributed by atoms with Gasteiger partial charge in [-0.05, 0) is 36.5 Å². The van der Waals surface area contributed by atoms with E-state index in [0.717, 1.165) is 52.2 Å². The molecule has 3 nitrogen and oxygen atoms in total. The molecule has 0 unspecified atom stereocenters. The number of hydrogen-bond acceptors (Lipinski definition) is 3. The Kier molecular flexibility index (Phi) is 8.65. The van der Waals surface area contributed by atoms with E-state index < -0.39 is 0 Å². The number of nitrogens with zero attached hydrogens (tertiary/aromatic N) is 1. The molecule has 0 aliphatic carbocycles. The third-order valence-corrected chi connectivity index (χ3v) is 4.47. The topological polar surface area (TPSA) is 24.5 Å². The third kappa shape index (κ3) is 4.80. The van der Waals surface area contributed by atoms with E-state index in [1.165, 1.54) is 5.56 Å². The van der Waals surface area contributed by atoms with Crippen LogP contribution in [0.3, 0.4) is 0 Å². The summed E-state index contributed by atoms with van der Waals surface area (Å²) in [6, 6.07) is 7.49. The molecule has 1 aromatic rings. The van der Waals surface area contributed by atoms with Crippen molar-refractivity contribution in [3.8, 4) is 0 Å². The van der Waals surface area contributed by atoms with Gasteiger partial charge in [0.1, 0.15) is 5.82 Å². The summed E-state index contributed by atoms with van der Waals surface area (Å²) in [6.07, 6.45) is 2.21. The van der Waals surface area contributed by atoms with Crippen molar-refractivity contribution in [3.05, 3.63) is 35.6 Å². The molecule has 3 rings (SSSR count). The van der Waals surface area contributed by atoms with Gasteiger partial charge in [-0.1, -0.05) is 12.1 Å². The van der Waals surface area contributed by atoms with Gasteiger partial charge in [0.2, 0.25) is 0 Å². The van der Waals surface area contributed by atoms with Crippen LogP contribution < -0.4 is 5.32 Å². The number of rotatable bonds is 3. The summed E-state index contributed by atoms with van der Waals surface area (Å²) in [6.45, 7) is 5.93. The molecule has 22 heavy (non-hydrogen) atoms. The first-order valence-electron chi connectivity index (χ1n) is 7.62. The van der Waals surface area contributed by atoms with Gasteiger partial charge in [-0.25, -0.2) is 4.39 Å². The highest BCUT2D eigenvalue weighted by Gasteiger charge is 2.31. The lowest BCUT2D eigenvalue weighted by Gasteiger charge is -2.41. The largest absolute Gasteiger partial charge is 0.381 e. The fourth-order valence-corrected chi connectivity index (χ4v) is 3.43. The van der Waals surface area contributed by atoms with Crippen LogP contribution in [0.25, 0.3) is 0 Å². The van der Waals surface area contributed by atoms with Gasteiger partial charge >= 0.3 is 0 Å². The fourth-order valence-electron chi connectivity index (χ4n) is 3.43. The maximum atomic E-state index is 13.2. The second kappa shape index (κ2) is 9.68. The Bertz CT molecular complexity index is 403. The van der Waals surface area contributed by atoms with Crippen molar-refractivity contribution in [3.63, 3.8) is 0 Å². The zero-order valence-electron chi connectivity index (χ0n) is 12.7. The van der Waals surface area contributed by atoms with Crippen molar-refractivity contribution in [2.24, 2.45) is 5.92 Å². The summed E-state index contributed by atoms with van der Waals surface area (Å²) >= 11 is 0. The third-order valence-electron chi connectivity index (χ3n) is 4.47. The first kappa shape index (κ1) is 19.7. The van der Waals surface area contributed by atoms with E-state index >= 15 is 0 Å². The van der Waals surface area contributed by atoms with Crippen LogP contribution in [-0.2, 0) is 4.74 Å². The minimum absolute atomic E-state index is 0. The van der Waals surface area contributed by atoms with E-state index in [2.05, 4.69) is 10.2 Å². The molecule has 1 atom stereocenters. The van der Waals surface area contributed by atoms with Crippen molar-refractivity contribution < 1.29 is 9.13 Å². The summed E-state index contributed by atoms with van der Waals surface area (Å²) in [4.78, 5) is 2.56. The summed E-state index contributed by atoms with van der Waals surface area (Å²) in [5, 5.41) is 3.41. The number of nitrogens with one attached hydrogen (secondary N) is 1. The normalized spacial score (nSPS) is 21.5. The first-order chi connectivity index (χ1) is 9.84. The molecule has 0 amide bonds. The predicted octanol–water partition coefficient (Wildman–Crippen LogP) is 3.04. The van der Waals surface area contributed by atoms with Gasteiger partial charge in [0.25, 0.3) is 0 Å². The average molecular weight is 351 g/mol. The lowest BCUT2D eigenvalue weighted by molar-refractivity contribution is 0.0213. The van der Waals surface area contributed by atoms with Gasteiger partial charge in [-0.15, -0.1) is 24.8 Å². The molecule has 0 aromatic heterocycles.